The van der Waals surface area contributed by atoms with Gasteiger partial charge in [-0.1, -0.05) is 21.2 Å². The van der Waals surface area contributed by atoms with E-state index in [4.69, 9.17) is 0 Å². The molecule has 0 radical (unpaired) electrons. The molecule has 2 unspecified atom stereocenters. The fourth-order valence-corrected chi connectivity index (χ4v) is 2.03. The molecule has 1 N–H and O–H groups in total. The third kappa shape index (κ3) is 1.22. The zero-order valence-electron chi connectivity index (χ0n) is 4.39. The first kappa shape index (κ1) is 6.53. The Kier molecular flexibility index (Phi) is 2.29. The average Bonchev–Trinajstić information content (AvgIpc) is 2.14. The van der Waals surface area contributed by atoms with Gasteiger partial charge in [-0.05, 0) is 6.42 Å². The molecule has 1 heterocycles. The van der Waals surface area contributed by atoms with Gasteiger partial charge in [0.05, 0.1) is 6.04 Å². The summed E-state index contributed by atoms with van der Waals surface area (Å²) in [4.78, 5) is 10.7. The molecule has 0 saturated carbocycles. The zero-order valence-corrected chi connectivity index (χ0v) is 6.36. The summed E-state index contributed by atoms with van der Waals surface area (Å²) in [5, 5.41) is 3.14. The topological polar surface area (TPSA) is 29.1 Å². The quantitative estimate of drug-likeness (QED) is 0.547. The first-order chi connectivity index (χ1) is 3.84. The molecule has 0 spiro atoms. The van der Waals surface area contributed by atoms with E-state index in [1.54, 1.807) is 0 Å². The summed E-state index contributed by atoms with van der Waals surface area (Å²) in [6.45, 7) is 0. The van der Waals surface area contributed by atoms with Gasteiger partial charge in [0.15, 0.2) is 0 Å². The van der Waals surface area contributed by atoms with Gasteiger partial charge < -0.3 is 0 Å². The number of carbonyl (C=O) groups is 1. The standard InChI is InChI=1S/C4H8NOPS/c6-4-3(5-7)1-2-8-4/h3,5H,1-2,7H2. The number of carbonyl (C=O) groups excluding carboxylic acids is 1. The van der Waals surface area contributed by atoms with E-state index in [9.17, 15) is 4.79 Å². The fourth-order valence-electron chi connectivity index (χ4n) is 0.647. The van der Waals surface area contributed by atoms with Gasteiger partial charge in [0.25, 0.3) is 0 Å². The molecule has 2 atom stereocenters. The molecular formula is C4H8NOPS. The Hall–Kier alpha value is 0.410. The lowest BCUT2D eigenvalue weighted by Gasteiger charge is -2.00. The Bertz CT molecular complexity index is 108. The molecule has 1 rings (SSSR count). The van der Waals surface area contributed by atoms with Crippen molar-refractivity contribution < 1.29 is 4.79 Å². The summed E-state index contributed by atoms with van der Waals surface area (Å²) in [6, 6.07) is 0.102. The molecule has 0 aromatic heterocycles. The van der Waals surface area contributed by atoms with Gasteiger partial charge in [0.2, 0.25) is 5.12 Å². The van der Waals surface area contributed by atoms with E-state index in [0.717, 1.165) is 12.2 Å². The summed E-state index contributed by atoms with van der Waals surface area (Å²) >= 11 is 1.42. The highest BCUT2D eigenvalue weighted by molar-refractivity contribution is 8.14. The van der Waals surface area contributed by atoms with Gasteiger partial charge in [-0.3, -0.25) is 9.88 Å². The second-order valence-electron chi connectivity index (χ2n) is 1.68. The van der Waals surface area contributed by atoms with Crippen LogP contribution >= 0.6 is 21.2 Å². The van der Waals surface area contributed by atoms with Crippen molar-refractivity contribution in [2.75, 3.05) is 5.75 Å². The largest absolute Gasteiger partial charge is 0.290 e. The third-order valence-electron chi connectivity index (χ3n) is 1.14. The van der Waals surface area contributed by atoms with Gasteiger partial charge in [-0.25, -0.2) is 0 Å². The van der Waals surface area contributed by atoms with Crippen LogP contribution in [0.3, 0.4) is 0 Å². The molecule has 1 aliphatic rings. The van der Waals surface area contributed by atoms with Gasteiger partial charge in [-0.15, -0.1) is 0 Å². The first-order valence-corrected chi connectivity index (χ1v) is 4.03. The molecule has 2 nitrogen and oxygen atoms in total. The van der Waals surface area contributed by atoms with Crippen LogP contribution in [0.25, 0.3) is 0 Å². The monoisotopic (exact) mass is 149 g/mol. The van der Waals surface area contributed by atoms with Crippen molar-refractivity contribution in [3.8, 4) is 0 Å². The summed E-state index contributed by atoms with van der Waals surface area (Å²) < 4.78 is 0. The first-order valence-electron chi connectivity index (χ1n) is 2.47. The molecule has 1 fully saturated rings. The zero-order chi connectivity index (χ0) is 5.98. The lowest BCUT2D eigenvalue weighted by Crippen LogP contribution is -2.22. The maximum atomic E-state index is 10.7. The molecule has 8 heavy (non-hydrogen) atoms. The molecule has 0 bridgehead atoms. The van der Waals surface area contributed by atoms with Crippen LogP contribution in [0.4, 0.5) is 0 Å². The van der Waals surface area contributed by atoms with Crippen LogP contribution in [0.5, 0.6) is 0 Å². The number of rotatable bonds is 1. The Balaban J connectivity index is 2.42. The highest BCUT2D eigenvalue weighted by Crippen LogP contribution is 2.19. The van der Waals surface area contributed by atoms with Gasteiger partial charge >= 0.3 is 0 Å². The van der Waals surface area contributed by atoms with Crippen LogP contribution in [-0.2, 0) is 4.79 Å². The van der Waals surface area contributed by atoms with Gasteiger partial charge in [0, 0.05) is 5.75 Å². The Morgan fingerprint density at radius 1 is 1.88 bits per heavy atom. The molecule has 0 amide bonds. The van der Waals surface area contributed by atoms with E-state index in [1.807, 2.05) is 0 Å². The maximum absolute atomic E-state index is 10.7. The summed E-state index contributed by atoms with van der Waals surface area (Å²) in [5.74, 6) is 0.977. The maximum Gasteiger partial charge on any atom is 0.206 e. The number of hydrogen-bond donors (Lipinski definition) is 1. The van der Waals surface area contributed by atoms with E-state index in [-0.39, 0.29) is 11.2 Å². The molecule has 0 aromatic rings. The highest BCUT2D eigenvalue weighted by atomic mass is 32.2. The van der Waals surface area contributed by atoms with Crippen molar-refractivity contribution in [1.82, 2.24) is 5.09 Å². The number of nitrogens with one attached hydrogen (secondary N) is 1. The lowest BCUT2D eigenvalue weighted by molar-refractivity contribution is -0.111. The van der Waals surface area contributed by atoms with Crippen molar-refractivity contribution in [2.24, 2.45) is 0 Å². The van der Waals surface area contributed by atoms with Crippen molar-refractivity contribution in [3.63, 3.8) is 0 Å². The molecule has 0 aromatic carbocycles. The molecular weight excluding hydrogens is 141 g/mol. The van der Waals surface area contributed by atoms with E-state index in [1.165, 1.54) is 11.8 Å². The SMILES string of the molecule is O=C1SCCC1NP. The van der Waals surface area contributed by atoms with Crippen molar-refractivity contribution >= 4 is 26.3 Å². The van der Waals surface area contributed by atoms with E-state index < -0.39 is 0 Å². The molecule has 1 aliphatic heterocycles. The van der Waals surface area contributed by atoms with Gasteiger partial charge in [0.1, 0.15) is 0 Å². The van der Waals surface area contributed by atoms with Crippen LogP contribution in [0.2, 0.25) is 0 Å². The second-order valence-corrected chi connectivity index (χ2v) is 3.11. The minimum atomic E-state index is 0.102. The normalized spacial score (nSPS) is 29.1. The third-order valence-corrected chi connectivity index (χ3v) is 2.55. The summed E-state index contributed by atoms with van der Waals surface area (Å²) in [5.41, 5.74) is 0. The van der Waals surface area contributed by atoms with Crippen LogP contribution in [0, 0.1) is 0 Å². The molecule has 0 aliphatic carbocycles. The van der Waals surface area contributed by atoms with Crippen LogP contribution < -0.4 is 5.09 Å². The van der Waals surface area contributed by atoms with Crippen LogP contribution in [0.15, 0.2) is 0 Å². The van der Waals surface area contributed by atoms with E-state index >= 15 is 0 Å². The average molecular weight is 149 g/mol. The second kappa shape index (κ2) is 2.81. The number of hydrogen-bond acceptors (Lipinski definition) is 3. The molecule has 1 saturated heterocycles. The molecule has 46 valence electrons. The Morgan fingerprint density at radius 3 is 2.88 bits per heavy atom. The highest BCUT2D eigenvalue weighted by Gasteiger charge is 2.22. The predicted octanol–water partition coefficient (Wildman–Crippen LogP) is 0.398. The number of thioether (sulfide) groups is 1. The minimum Gasteiger partial charge on any atom is -0.290 e. The fraction of sp³-hybridized carbons (Fsp3) is 0.750. The van der Waals surface area contributed by atoms with Gasteiger partial charge in [-0.2, -0.15) is 0 Å². The smallest absolute Gasteiger partial charge is 0.206 e. The summed E-state index contributed by atoms with van der Waals surface area (Å²) in [6.07, 6.45) is 0.979. The van der Waals surface area contributed by atoms with Crippen molar-refractivity contribution in [2.45, 2.75) is 12.5 Å². The predicted molar refractivity (Wildman–Crippen MR) is 38.7 cm³/mol. The molecule has 4 heteroatoms. The van der Waals surface area contributed by atoms with Crippen LogP contribution in [0.1, 0.15) is 6.42 Å². The van der Waals surface area contributed by atoms with Crippen LogP contribution in [-0.4, -0.2) is 16.9 Å². The van der Waals surface area contributed by atoms with Crippen molar-refractivity contribution in [3.05, 3.63) is 0 Å². The lowest BCUT2D eigenvalue weighted by atomic mass is 10.3. The van der Waals surface area contributed by atoms with Crippen molar-refractivity contribution in [1.29, 1.82) is 0 Å². The summed E-state index contributed by atoms with van der Waals surface area (Å²) in [7, 11) is 2.36. The van der Waals surface area contributed by atoms with E-state index in [0.29, 0.717) is 0 Å². The Morgan fingerprint density at radius 2 is 2.62 bits per heavy atom. The Labute approximate surface area is 55.0 Å². The minimum absolute atomic E-state index is 0.102. The van der Waals surface area contributed by atoms with E-state index in [2.05, 4.69) is 14.5 Å².